The molecule has 3 aromatic heterocycles. The lowest BCUT2D eigenvalue weighted by Gasteiger charge is -2.08. The Morgan fingerprint density at radius 3 is 1.14 bits per heavy atom. The van der Waals surface area contributed by atoms with Gasteiger partial charge in [0.25, 0.3) is 0 Å². The summed E-state index contributed by atoms with van der Waals surface area (Å²) in [6, 6.07) is 61.0. The second kappa shape index (κ2) is 17.2. The molecule has 4 N–H and O–H groups in total. The zero-order valence-corrected chi connectivity index (χ0v) is 35.4. The van der Waals surface area contributed by atoms with Gasteiger partial charge in [-0.3, -0.25) is 0 Å². The molecule has 0 aliphatic carbocycles. The van der Waals surface area contributed by atoms with Crippen LogP contribution < -0.4 is 10.5 Å². The lowest BCUT2D eigenvalue weighted by molar-refractivity contribution is 0.0734. The molecule has 0 amide bonds. The van der Waals surface area contributed by atoms with E-state index >= 15 is 0 Å². The first-order chi connectivity index (χ1) is 32.5. The normalized spacial score (nSPS) is 11.9. The smallest absolute Gasteiger partial charge is 0.343 e. The van der Waals surface area contributed by atoms with Crippen LogP contribution in [0.15, 0.2) is 198 Å². The molecule has 0 saturated carbocycles. The van der Waals surface area contributed by atoms with Crippen LogP contribution in [-0.4, -0.2) is 25.9 Å². The monoisotopic (exact) mass is 853 g/mol. The number of hydrogen-bond donors (Lipinski definition) is 3. The number of fused-ring (bicyclic) bond motifs is 8. The number of hydrogen-bond acceptors (Lipinski definition) is 7. The first-order valence-electron chi connectivity index (χ1n) is 21.5. The van der Waals surface area contributed by atoms with Crippen LogP contribution in [0.5, 0.6) is 5.75 Å². The van der Waals surface area contributed by atoms with Gasteiger partial charge in [-0.25, -0.2) is 14.8 Å². The molecule has 0 spiro atoms. The number of anilines is 1. The average Bonchev–Trinajstić information content (AvgIpc) is 4.22. The van der Waals surface area contributed by atoms with Crippen molar-refractivity contribution in [3.63, 3.8) is 0 Å². The zero-order valence-electron chi connectivity index (χ0n) is 35.4. The lowest BCUT2D eigenvalue weighted by Crippen LogP contribution is -2.08. The third-order valence-corrected chi connectivity index (χ3v) is 11.6. The summed E-state index contributed by atoms with van der Waals surface area (Å²) in [7, 11) is 0. The number of nitrogen functional groups attached to an aromatic ring is 1. The molecule has 0 saturated heterocycles. The molecule has 0 fully saturated rings. The molecule has 5 heterocycles. The van der Waals surface area contributed by atoms with E-state index in [9.17, 15) is 4.79 Å². The number of nitrogens with two attached hydrogens (primary N) is 1. The Hall–Kier alpha value is -9.21. The first kappa shape index (κ1) is 39.6. The third-order valence-electron chi connectivity index (χ3n) is 11.6. The summed E-state index contributed by atoms with van der Waals surface area (Å²) >= 11 is 0. The van der Waals surface area contributed by atoms with Gasteiger partial charge in [0.2, 0.25) is 0 Å². The minimum atomic E-state index is -0.489. The Bertz CT molecular complexity index is 3500. The maximum Gasteiger partial charge on any atom is 0.343 e. The highest BCUT2D eigenvalue weighted by molar-refractivity contribution is 6.00. The van der Waals surface area contributed by atoms with Crippen LogP contribution in [0.3, 0.4) is 0 Å². The average molecular weight is 854 g/mol. The highest BCUT2D eigenvalue weighted by Crippen LogP contribution is 2.39. The van der Waals surface area contributed by atoms with Gasteiger partial charge in [0.15, 0.2) is 0 Å². The lowest BCUT2D eigenvalue weighted by atomic mass is 10.0. The minimum Gasteiger partial charge on any atom is -0.423 e. The summed E-state index contributed by atoms with van der Waals surface area (Å²) in [5.41, 5.74) is 22.8. The number of H-pyrrole nitrogens is 2. The maximum absolute atomic E-state index is 13.4. The molecule has 6 aromatic carbocycles. The SMILES string of the molecule is Nc1ccc(N=Nc2ccc(C(=O)Oc3ccc(-c4c5nc(c(-c6ccccc6)c6ccc([nH]6)c(-c6ccccc6)c6nc(c(-c7ccccc7)c7ccc4[nH]7)C=C6)C=C5)cc3)cc2)cc1. The summed E-state index contributed by atoms with van der Waals surface area (Å²) < 4.78 is 5.87. The molecule has 9 aromatic rings. The van der Waals surface area contributed by atoms with Gasteiger partial charge in [-0.05, 0) is 131 Å². The van der Waals surface area contributed by atoms with Gasteiger partial charge < -0.3 is 20.4 Å². The van der Waals surface area contributed by atoms with E-state index in [1.54, 1.807) is 48.5 Å². The van der Waals surface area contributed by atoms with Gasteiger partial charge in [-0.15, -0.1) is 0 Å². The van der Waals surface area contributed by atoms with Crippen molar-refractivity contribution in [1.29, 1.82) is 0 Å². The summed E-state index contributed by atoms with van der Waals surface area (Å²) in [6.07, 6.45) is 8.35. The van der Waals surface area contributed by atoms with Crippen molar-refractivity contribution >= 4 is 69.4 Å². The second-order valence-corrected chi connectivity index (χ2v) is 15.9. The van der Waals surface area contributed by atoms with E-state index in [0.717, 1.165) is 89.4 Å². The first-order valence-corrected chi connectivity index (χ1v) is 21.5. The number of rotatable bonds is 8. The Morgan fingerprint density at radius 1 is 0.409 bits per heavy atom. The number of ether oxygens (including phenoxy) is 1. The zero-order chi connectivity index (χ0) is 44.4. The maximum atomic E-state index is 13.4. The van der Waals surface area contributed by atoms with Crippen molar-refractivity contribution < 1.29 is 9.53 Å². The minimum absolute atomic E-state index is 0.385. The highest BCUT2D eigenvalue weighted by atomic mass is 16.5. The van der Waals surface area contributed by atoms with Crippen LogP contribution in [0.25, 0.3) is 90.9 Å². The Labute approximate surface area is 380 Å². The fraction of sp³-hybridized carbons (Fsp3) is 0. The topological polar surface area (TPSA) is 134 Å². The van der Waals surface area contributed by atoms with E-state index in [2.05, 4.69) is 117 Å². The number of esters is 1. The Balaban J connectivity index is 1.05. The molecular formula is C57H39N7O2. The molecule has 2 aliphatic heterocycles. The fourth-order valence-electron chi connectivity index (χ4n) is 8.41. The van der Waals surface area contributed by atoms with Crippen molar-refractivity contribution in [2.24, 2.45) is 10.2 Å². The Kier molecular flexibility index (Phi) is 10.3. The van der Waals surface area contributed by atoms with Crippen LogP contribution in [0, 0.1) is 0 Å². The van der Waals surface area contributed by atoms with E-state index in [1.165, 1.54) is 0 Å². The van der Waals surface area contributed by atoms with Crippen LogP contribution in [0.2, 0.25) is 0 Å². The third kappa shape index (κ3) is 7.89. The predicted octanol–water partition coefficient (Wildman–Crippen LogP) is 14.5. The summed E-state index contributed by atoms with van der Waals surface area (Å²) in [6.45, 7) is 0. The van der Waals surface area contributed by atoms with Crippen molar-refractivity contribution in [2.45, 2.75) is 0 Å². The van der Waals surface area contributed by atoms with Gasteiger partial charge >= 0.3 is 5.97 Å². The van der Waals surface area contributed by atoms with E-state index in [1.807, 2.05) is 66.7 Å². The molecule has 2 aliphatic rings. The molecular weight excluding hydrogens is 815 g/mol. The number of azo groups is 1. The number of aromatic nitrogens is 4. The van der Waals surface area contributed by atoms with E-state index in [-0.39, 0.29) is 0 Å². The predicted molar refractivity (Wildman–Crippen MR) is 267 cm³/mol. The molecule has 9 heteroatoms. The van der Waals surface area contributed by atoms with Crippen LogP contribution in [0.1, 0.15) is 33.1 Å². The highest BCUT2D eigenvalue weighted by Gasteiger charge is 2.19. The number of benzene rings is 6. The van der Waals surface area contributed by atoms with Crippen LogP contribution >= 0.6 is 0 Å². The van der Waals surface area contributed by atoms with Crippen molar-refractivity contribution in [2.75, 3.05) is 5.73 Å². The Morgan fingerprint density at radius 2 is 0.758 bits per heavy atom. The number of nitrogens with one attached hydrogen (secondary N) is 2. The van der Waals surface area contributed by atoms with E-state index in [0.29, 0.717) is 28.4 Å². The van der Waals surface area contributed by atoms with Crippen LogP contribution in [0.4, 0.5) is 17.1 Å². The summed E-state index contributed by atoms with van der Waals surface area (Å²) in [5, 5.41) is 8.53. The standard InChI is InChI=1S/C57H39N7O2/c58-41-20-24-43(25-21-41)64-63-42-22-16-40(17-23-42)57(65)66-44-26-18-39(19-27-44)56-51-34-32-49(61-51)54(37-12-6-2-7-13-37)47-30-28-45(59-47)53(36-10-4-1-5-11-36)46-29-31-48(60-46)55(38-14-8-3-9-15-38)50-33-35-52(56)62-50/h1-35,59,62H,58H2. The number of carbonyl (C=O) groups is 1. The van der Waals surface area contributed by atoms with Gasteiger partial charge in [-0.1, -0.05) is 103 Å². The molecule has 314 valence electrons. The van der Waals surface area contributed by atoms with Gasteiger partial charge in [-0.2, -0.15) is 10.2 Å². The van der Waals surface area contributed by atoms with E-state index in [4.69, 9.17) is 20.4 Å². The molecule has 0 atom stereocenters. The summed E-state index contributed by atoms with van der Waals surface area (Å²) in [5.74, 6) is -0.0867. The van der Waals surface area contributed by atoms with Gasteiger partial charge in [0.05, 0.1) is 39.7 Å². The van der Waals surface area contributed by atoms with Crippen LogP contribution in [-0.2, 0) is 0 Å². The van der Waals surface area contributed by atoms with Crippen molar-refractivity contribution in [1.82, 2.24) is 19.9 Å². The molecule has 66 heavy (non-hydrogen) atoms. The van der Waals surface area contributed by atoms with Crippen molar-refractivity contribution in [3.05, 3.63) is 216 Å². The van der Waals surface area contributed by atoms with Gasteiger partial charge in [0.1, 0.15) is 5.75 Å². The van der Waals surface area contributed by atoms with E-state index < -0.39 is 5.97 Å². The second-order valence-electron chi connectivity index (χ2n) is 15.9. The largest absolute Gasteiger partial charge is 0.423 e. The molecule has 11 rings (SSSR count). The number of aromatic amines is 2. The fourth-order valence-corrected chi connectivity index (χ4v) is 8.41. The molecule has 0 unspecified atom stereocenters. The molecule has 8 bridgehead atoms. The number of carbonyl (C=O) groups excluding carboxylic acids is 1. The van der Waals surface area contributed by atoms with Crippen molar-refractivity contribution in [3.8, 4) is 50.3 Å². The molecule has 0 radical (unpaired) electrons. The van der Waals surface area contributed by atoms with Gasteiger partial charge in [0, 0.05) is 50.0 Å². The summed E-state index contributed by atoms with van der Waals surface area (Å²) in [4.78, 5) is 31.7. The quantitative estimate of drug-likeness (QED) is 0.0605. The molecule has 9 nitrogen and oxygen atoms in total. The number of nitrogens with zero attached hydrogens (tertiary/aromatic N) is 4.